The van der Waals surface area contributed by atoms with Crippen molar-refractivity contribution >= 4 is 11.2 Å². The summed E-state index contributed by atoms with van der Waals surface area (Å²) in [6.45, 7) is 8.09. The van der Waals surface area contributed by atoms with Crippen molar-refractivity contribution in [1.82, 2.24) is 14.5 Å². The maximum atomic E-state index is 12.5. The van der Waals surface area contributed by atoms with E-state index in [2.05, 4.69) is 29.3 Å². The topological polar surface area (TPSA) is 49.2 Å². The highest BCUT2D eigenvalue weighted by atomic mass is 19.4. The fourth-order valence-corrected chi connectivity index (χ4v) is 3.56. The van der Waals surface area contributed by atoms with Crippen LogP contribution in [0.15, 0.2) is 24.4 Å². The number of rotatable bonds is 6. The molecule has 2 heterocycles. The highest BCUT2D eigenvalue weighted by molar-refractivity contribution is 5.81. The summed E-state index contributed by atoms with van der Waals surface area (Å²) >= 11 is 0. The van der Waals surface area contributed by atoms with Crippen LogP contribution in [0, 0.1) is 13.8 Å². The zero-order chi connectivity index (χ0) is 21.3. The first-order chi connectivity index (χ1) is 13.7. The Bertz CT molecular complexity index is 1020. The van der Waals surface area contributed by atoms with Gasteiger partial charge in [-0.15, -0.1) is 13.2 Å². The van der Waals surface area contributed by atoms with Gasteiger partial charge in [0.2, 0.25) is 0 Å². The average molecular weight is 407 g/mol. The van der Waals surface area contributed by atoms with Crippen molar-refractivity contribution in [3.05, 3.63) is 35.7 Å². The monoisotopic (exact) mass is 407 g/mol. The molecular formula is C21H24F3N3O2. The third-order valence-corrected chi connectivity index (χ3v) is 5.00. The minimum absolute atomic E-state index is 0.237. The third-order valence-electron chi connectivity index (χ3n) is 5.00. The number of nitrogens with zero attached hydrogens (tertiary/aromatic N) is 3. The first kappa shape index (κ1) is 21.0. The summed E-state index contributed by atoms with van der Waals surface area (Å²) in [4.78, 5) is 9.58. The van der Waals surface area contributed by atoms with E-state index >= 15 is 0 Å². The van der Waals surface area contributed by atoms with Gasteiger partial charge in [0.15, 0.2) is 5.65 Å². The van der Waals surface area contributed by atoms with Gasteiger partial charge in [0, 0.05) is 23.9 Å². The number of fused-ring (bicyclic) bond motifs is 1. The van der Waals surface area contributed by atoms with Gasteiger partial charge in [0.25, 0.3) is 0 Å². The Morgan fingerprint density at radius 2 is 1.79 bits per heavy atom. The molecule has 0 atom stereocenters. The molecule has 0 bridgehead atoms. The molecule has 0 amide bonds. The summed E-state index contributed by atoms with van der Waals surface area (Å²) < 4.78 is 49.0. The molecular weight excluding hydrogens is 383 g/mol. The van der Waals surface area contributed by atoms with E-state index in [9.17, 15) is 13.2 Å². The molecule has 2 aromatic heterocycles. The molecule has 0 saturated heterocycles. The van der Waals surface area contributed by atoms with E-state index in [-0.39, 0.29) is 11.5 Å². The number of aromatic nitrogens is 3. The number of benzene rings is 1. The molecule has 0 spiro atoms. The van der Waals surface area contributed by atoms with Gasteiger partial charge >= 0.3 is 6.36 Å². The quantitative estimate of drug-likeness (QED) is 0.504. The molecule has 0 fully saturated rings. The van der Waals surface area contributed by atoms with E-state index in [0.717, 1.165) is 29.6 Å². The molecule has 29 heavy (non-hydrogen) atoms. The number of aryl methyl sites for hydroxylation is 2. The molecule has 0 aliphatic heterocycles. The maximum Gasteiger partial charge on any atom is 0.573 e. The average Bonchev–Trinajstić information content (AvgIpc) is 2.96. The van der Waals surface area contributed by atoms with Crippen molar-refractivity contribution in [2.75, 3.05) is 7.11 Å². The Morgan fingerprint density at radius 3 is 2.38 bits per heavy atom. The third kappa shape index (κ3) is 4.16. The SMILES string of the molecule is CCC(CC)n1cc(C)c2nc(-c3ccc(OC(F)(F)F)cc3OC)c(C)nc21. The van der Waals surface area contributed by atoms with Crippen LogP contribution in [-0.2, 0) is 0 Å². The number of hydrogen-bond donors (Lipinski definition) is 0. The fraction of sp³-hybridized carbons (Fsp3) is 0.429. The zero-order valence-electron chi connectivity index (χ0n) is 17.1. The van der Waals surface area contributed by atoms with Crippen LogP contribution in [0.25, 0.3) is 22.4 Å². The van der Waals surface area contributed by atoms with Gasteiger partial charge in [-0.25, -0.2) is 9.97 Å². The van der Waals surface area contributed by atoms with Crippen LogP contribution in [0.2, 0.25) is 0 Å². The molecule has 156 valence electrons. The largest absolute Gasteiger partial charge is 0.573 e. The fourth-order valence-electron chi connectivity index (χ4n) is 3.56. The van der Waals surface area contributed by atoms with Gasteiger partial charge in [0.05, 0.1) is 18.5 Å². The van der Waals surface area contributed by atoms with Gasteiger partial charge in [0.1, 0.15) is 17.0 Å². The maximum absolute atomic E-state index is 12.5. The molecule has 0 unspecified atom stereocenters. The summed E-state index contributed by atoms with van der Waals surface area (Å²) in [6.07, 6.45) is -0.743. The second-order valence-corrected chi connectivity index (χ2v) is 6.93. The summed E-state index contributed by atoms with van der Waals surface area (Å²) in [5.74, 6) is -0.110. The van der Waals surface area contributed by atoms with E-state index in [1.807, 2.05) is 13.8 Å². The lowest BCUT2D eigenvalue weighted by molar-refractivity contribution is -0.274. The van der Waals surface area contributed by atoms with Crippen LogP contribution >= 0.6 is 0 Å². The van der Waals surface area contributed by atoms with Crippen LogP contribution in [0.1, 0.15) is 44.0 Å². The molecule has 0 radical (unpaired) electrons. The van der Waals surface area contributed by atoms with Crippen LogP contribution in [-0.4, -0.2) is 28.0 Å². The molecule has 1 aromatic carbocycles. The standard InChI is InChI=1S/C21H24F3N3O2/c1-6-14(7-2)27-11-12(3)18-20(27)25-13(4)19(26-18)16-9-8-15(10-17(16)28-5)29-21(22,23)24/h8-11,14H,6-7H2,1-5H3. The zero-order valence-corrected chi connectivity index (χ0v) is 17.1. The van der Waals surface area contributed by atoms with Crippen molar-refractivity contribution in [2.24, 2.45) is 0 Å². The van der Waals surface area contributed by atoms with Gasteiger partial charge in [-0.3, -0.25) is 0 Å². The van der Waals surface area contributed by atoms with Crippen LogP contribution in [0.5, 0.6) is 11.5 Å². The van der Waals surface area contributed by atoms with E-state index in [1.54, 1.807) is 0 Å². The van der Waals surface area contributed by atoms with E-state index < -0.39 is 6.36 Å². The minimum Gasteiger partial charge on any atom is -0.496 e. The lowest BCUT2D eigenvalue weighted by Gasteiger charge is -2.16. The lowest BCUT2D eigenvalue weighted by Crippen LogP contribution is -2.17. The van der Waals surface area contributed by atoms with Crippen LogP contribution in [0.3, 0.4) is 0 Å². The normalized spacial score (nSPS) is 12.0. The Kier molecular flexibility index (Phi) is 5.73. The van der Waals surface area contributed by atoms with Gasteiger partial charge in [-0.2, -0.15) is 0 Å². The molecule has 3 rings (SSSR count). The lowest BCUT2D eigenvalue weighted by atomic mass is 10.1. The molecule has 0 aliphatic carbocycles. The summed E-state index contributed by atoms with van der Waals surface area (Å²) in [7, 11) is 1.40. The number of hydrogen-bond acceptors (Lipinski definition) is 4. The van der Waals surface area contributed by atoms with Crippen molar-refractivity contribution in [1.29, 1.82) is 0 Å². The summed E-state index contributed by atoms with van der Waals surface area (Å²) in [6, 6.07) is 4.30. The van der Waals surface area contributed by atoms with Crippen molar-refractivity contribution < 1.29 is 22.6 Å². The number of ether oxygens (including phenoxy) is 2. The molecule has 3 aromatic rings. The molecule has 5 nitrogen and oxygen atoms in total. The number of methoxy groups -OCH3 is 1. The van der Waals surface area contributed by atoms with E-state index in [1.165, 1.54) is 25.3 Å². The van der Waals surface area contributed by atoms with E-state index in [4.69, 9.17) is 14.7 Å². The second-order valence-electron chi connectivity index (χ2n) is 6.93. The number of halogens is 3. The van der Waals surface area contributed by atoms with Gasteiger partial charge < -0.3 is 14.0 Å². The van der Waals surface area contributed by atoms with Crippen molar-refractivity contribution in [2.45, 2.75) is 52.9 Å². The van der Waals surface area contributed by atoms with E-state index in [0.29, 0.717) is 23.0 Å². The molecule has 0 N–H and O–H groups in total. The summed E-state index contributed by atoms with van der Waals surface area (Å²) in [5, 5.41) is 0. The van der Waals surface area contributed by atoms with Crippen LogP contribution < -0.4 is 9.47 Å². The Hall–Kier alpha value is -2.77. The van der Waals surface area contributed by atoms with Crippen LogP contribution in [0.4, 0.5) is 13.2 Å². The Balaban J connectivity index is 2.13. The molecule has 0 aliphatic rings. The van der Waals surface area contributed by atoms with Crippen molar-refractivity contribution in [3.63, 3.8) is 0 Å². The molecule has 8 heteroatoms. The Morgan fingerprint density at radius 1 is 1.10 bits per heavy atom. The second kappa shape index (κ2) is 7.93. The van der Waals surface area contributed by atoms with Gasteiger partial charge in [-0.05, 0) is 44.4 Å². The summed E-state index contributed by atoms with van der Waals surface area (Å²) in [5.41, 5.74) is 4.38. The first-order valence-corrected chi connectivity index (χ1v) is 9.48. The predicted octanol–water partition coefficient (Wildman–Crippen LogP) is 5.98. The first-order valence-electron chi connectivity index (χ1n) is 9.48. The minimum atomic E-state index is -4.77. The Labute approximate surface area is 167 Å². The predicted molar refractivity (Wildman–Crippen MR) is 105 cm³/mol. The van der Waals surface area contributed by atoms with Gasteiger partial charge in [-0.1, -0.05) is 13.8 Å². The molecule has 0 saturated carbocycles. The smallest absolute Gasteiger partial charge is 0.496 e. The van der Waals surface area contributed by atoms with Crippen molar-refractivity contribution in [3.8, 4) is 22.8 Å². The highest BCUT2D eigenvalue weighted by Crippen LogP contribution is 2.37. The highest BCUT2D eigenvalue weighted by Gasteiger charge is 2.31. The number of alkyl halides is 3.